The fraction of sp³-hybridized carbons (Fsp3) is 0.267. The second-order valence-corrected chi connectivity index (χ2v) is 11.7. The van der Waals surface area contributed by atoms with E-state index in [2.05, 4.69) is 35.1 Å². The molecule has 2 amide bonds. The van der Waals surface area contributed by atoms with Gasteiger partial charge in [-0.1, -0.05) is 66.2 Å². The Labute approximate surface area is 227 Å². The highest BCUT2D eigenvalue weighted by Gasteiger charge is 2.69. The average Bonchev–Trinajstić information content (AvgIpc) is 3.47. The zero-order chi connectivity index (χ0) is 26.3. The first-order valence-corrected chi connectivity index (χ1v) is 13.7. The van der Waals surface area contributed by atoms with Crippen molar-refractivity contribution in [1.82, 2.24) is 14.9 Å². The summed E-state index contributed by atoms with van der Waals surface area (Å²) in [4.78, 5) is 48.7. The molecule has 4 atom stereocenters. The Morgan fingerprint density at radius 2 is 1.74 bits per heavy atom. The van der Waals surface area contributed by atoms with E-state index in [0.29, 0.717) is 34.5 Å². The molecule has 7 nitrogen and oxygen atoms in total. The predicted octanol–water partition coefficient (Wildman–Crippen LogP) is 4.53. The van der Waals surface area contributed by atoms with E-state index in [1.165, 1.54) is 4.90 Å². The number of hydrogen-bond acceptors (Lipinski definition) is 5. The number of halogens is 1. The molecule has 0 unspecified atom stereocenters. The van der Waals surface area contributed by atoms with Crippen molar-refractivity contribution < 1.29 is 9.59 Å². The van der Waals surface area contributed by atoms with Gasteiger partial charge in [0, 0.05) is 16.1 Å². The Morgan fingerprint density at radius 1 is 0.974 bits per heavy atom. The van der Waals surface area contributed by atoms with Crippen molar-refractivity contribution in [2.24, 2.45) is 17.8 Å². The molecule has 3 aromatic carbocycles. The molecule has 1 aromatic heterocycles. The van der Waals surface area contributed by atoms with Gasteiger partial charge in [0.1, 0.15) is 11.4 Å². The average molecular weight is 569 g/mol. The summed E-state index contributed by atoms with van der Waals surface area (Å²) in [5.74, 6) is -1.07. The Hall–Kier alpha value is -3.62. The third-order valence-electron chi connectivity index (χ3n) is 8.15. The molecule has 2 saturated heterocycles. The second-order valence-electron chi connectivity index (χ2n) is 10.8. The summed E-state index contributed by atoms with van der Waals surface area (Å²) in [6, 6.07) is 21.9. The summed E-state index contributed by atoms with van der Waals surface area (Å²) in [5.41, 5.74) is 1.32. The van der Waals surface area contributed by atoms with Gasteiger partial charge in [0.2, 0.25) is 11.8 Å². The number of aromatic nitrogens is 2. The lowest BCUT2D eigenvalue weighted by atomic mass is 9.75. The van der Waals surface area contributed by atoms with Gasteiger partial charge in [0.25, 0.3) is 5.56 Å². The Kier molecular flexibility index (Phi) is 5.06. The highest BCUT2D eigenvalue weighted by atomic mass is 79.9. The lowest BCUT2D eigenvalue weighted by molar-refractivity contribution is -0.123. The molecule has 1 N–H and O–H groups in total. The number of imide groups is 1. The minimum absolute atomic E-state index is 0.179. The molecule has 190 valence electrons. The van der Waals surface area contributed by atoms with Gasteiger partial charge in [-0.05, 0) is 48.7 Å². The molecule has 1 spiro atoms. The number of carbonyl (C=O) groups is 2. The number of hydrogen-bond donors (Lipinski definition) is 1. The molecule has 0 saturated carbocycles. The van der Waals surface area contributed by atoms with Crippen LogP contribution in [0.5, 0.6) is 0 Å². The number of fused-ring (bicyclic) bond motifs is 8. The second kappa shape index (κ2) is 8.19. The lowest BCUT2D eigenvalue weighted by Gasteiger charge is -2.32. The number of amides is 2. The molecule has 0 bridgehead atoms. The largest absolute Gasteiger partial charge is 0.297 e. The zero-order valence-electron chi connectivity index (χ0n) is 20.9. The maximum atomic E-state index is 14.4. The third kappa shape index (κ3) is 2.98. The molecule has 0 aliphatic carbocycles. The van der Waals surface area contributed by atoms with Gasteiger partial charge in [0.15, 0.2) is 0 Å². The zero-order valence-corrected chi connectivity index (χ0v) is 22.5. The fourth-order valence-corrected chi connectivity index (χ4v) is 7.19. The minimum Gasteiger partial charge on any atom is -0.297 e. The van der Waals surface area contributed by atoms with E-state index < -0.39 is 17.4 Å². The topological polar surface area (TPSA) is 84.3 Å². The summed E-state index contributed by atoms with van der Waals surface area (Å²) in [6.45, 7) is 4.23. The van der Waals surface area contributed by atoms with Crippen molar-refractivity contribution in [2.45, 2.75) is 31.8 Å². The number of nitrogens with one attached hydrogen (secondary N) is 1. The Bertz CT molecular complexity index is 1730. The molecular weight excluding hydrogens is 544 g/mol. The normalized spacial score (nSPS) is 25.5. The highest BCUT2D eigenvalue weighted by molar-refractivity contribution is 9.10. The Morgan fingerprint density at radius 3 is 2.53 bits per heavy atom. The summed E-state index contributed by atoms with van der Waals surface area (Å²) < 4.78 is 2.43. The van der Waals surface area contributed by atoms with E-state index in [1.807, 2.05) is 54.6 Å². The monoisotopic (exact) mass is 568 g/mol. The summed E-state index contributed by atoms with van der Waals surface area (Å²) >= 11 is 3.48. The minimum atomic E-state index is -1.11. The first-order valence-electron chi connectivity index (χ1n) is 12.9. The van der Waals surface area contributed by atoms with Crippen LogP contribution in [-0.2, 0) is 15.1 Å². The summed E-state index contributed by atoms with van der Waals surface area (Å²) in [6.07, 6.45) is 0.703. The number of nitrogens with zero attached hydrogens (tertiary/aromatic N) is 3. The maximum Gasteiger partial charge on any atom is 0.266 e. The quantitative estimate of drug-likeness (QED) is 0.367. The molecule has 8 heteroatoms. The van der Waals surface area contributed by atoms with Gasteiger partial charge in [-0.25, -0.2) is 9.88 Å². The molecule has 4 aromatic rings. The van der Waals surface area contributed by atoms with Crippen molar-refractivity contribution in [3.63, 3.8) is 0 Å². The van der Waals surface area contributed by atoms with Crippen LogP contribution >= 0.6 is 15.9 Å². The van der Waals surface area contributed by atoms with Crippen LogP contribution in [-0.4, -0.2) is 27.4 Å². The summed E-state index contributed by atoms with van der Waals surface area (Å²) in [7, 11) is 0. The van der Waals surface area contributed by atoms with Gasteiger partial charge in [-0.15, -0.1) is 0 Å². The van der Waals surface area contributed by atoms with Crippen molar-refractivity contribution >= 4 is 44.3 Å². The van der Waals surface area contributed by atoms with Gasteiger partial charge >= 0.3 is 0 Å². The Balaban J connectivity index is 1.52. The van der Waals surface area contributed by atoms with Crippen molar-refractivity contribution in [2.75, 3.05) is 4.90 Å². The van der Waals surface area contributed by atoms with Gasteiger partial charge < -0.3 is 0 Å². The predicted molar refractivity (Wildman–Crippen MR) is 148 cm³/mol. The molecule has 4 heterocycles. The van der Waals surface area contributed by atoms with Crippen molar-refractivity contribution in [3.8, 4) is 5.69 Å². The van der Waals surface area contributed by atoms with Gasteiger partial charge in [-0.2, -0.15) is 0 Å². The van der Waals surface area contributed by atoms with E-state index in [9.17, 15) is 14.4 Å². The third-order valence-corrected chi connectivity index (χ3v) is 8.65. The van der Waals surface area contributed by atoms with Crippen LogP contribution in [0.3, 0.4) is 0 Å². The van der Waals surface area contributed by atoms with E-state index in [1.54, 1.807) is 22.8 Å². The molecular formula is C30H25BrN4O3. The van der Waals surface area contributed by atoms with E-state index in [-0.39, 0.29) is 29.3 Å². The van der Waals surface area contributed by atoms with Gasteiger partial charge in [-0.3, -0.25) is 24.3 Å². The smallest absolute Gasteiger partial charge is 0.266 e. The van der Waals surface area contributed by atoms with Crippen LogP contribution in [0, 0.1) is 17.8 Å². The van der Waals surface area contributed by atoms with Crippen molar-refractivity contribution in [1.29, 1.82) is 0 Å². The SMILES string of the molecule is CC(C)C[C@H]1N[C@@]2(c3ccccc3-n3c2nc2ccccc2c3=O)[C@H]2C(=O)N(c3cccc(Br)c3)C(=O)[C@@H]12. The van der Waals surface area contributed by atoms with Crippen LogP contribution in [0.15, 0.2) is 82.1 Å². The first-order chi connectivity index (χ1) is 18.3. The molecule has 38 heavy (non-hydrogen) atoms. The number of rotatable bonds is 3. The van der Waals surface area contributed by atoms with Crippen LogP contribution in [0.4, 0.5) is 5.69 Å². The fourth-order valence-electron chi connectivity index (χ4n) is 6.80. The molecule has 0 radical (unpaired) electrons. The highest BCUT2D eigenvalue weighted by Crippen LogP contribution is 2.56. The molecule has 3 aliphatic heterocycles. The summed E-state index contributed by atoms with van der Waals surface area (Å²) in [5, 5.41) is 4.26. The number of para-hydroxylation sites is 2. The van der Waals surface area contributed by atoms with E-state index >= 15 is 0 Å². The number of carbonyl (C=O) groups excluding carboxylic acids is 2. The standard InChI is InChI=1S/C30H25BrN4O3/c1-16(2)14-22-24-25(28(38)34(27(24)37)18-9-7-8-17(31)15-18)30(33-22)20-11-4-6-13-23(20)35-26(36)19-10-3-5-12-21(19)32-29(30)35/h3-13,15-16,22,24-25,33H,14H2,1-2H3/t22-,24+,25-,30+/m1/s1. The first kappa shape index (κ1) is 23.5. The van der Waals surface area contributed by atoms with E-state index in [0.717, 1.165) is 10.0 Å². The van der Waals surface area contributed by atoms with Crippen molar-refractivity contribution in [3.05, 3.63) is 99.0 Å². The van der Waals surface area contributed by atoms with E-state index in [4.69, 9.17) is 4.98 Å². The van der Waals surface area contributed by atoms with Crippen LogP contribution < -0.4 is 15.8 Å². The molecule has 3 aliphatic rings. The van der Waals surface area contributed by atoms with Crippen LogP contribution in [0.2, 0.25) is 0 Å². The molecule has 2 fully saturated rings. The number of benzene rings is 3. The van der Waals surface area contributed by atoms with Crippen LogP contribution in [0.1, 0.15) is 31.7 Å². The van der Waals surface area contributed by atoms with Gasteiger partial charge in [0.05, 0.1) is 34.1 Å². The number of anilines is 1. The lowest BCUT2D eigenvalue weighted by Crippen LogP contribution is -2.50. The maximum absolute atomic E-state index is 14.4. The van der Waals surface area contributed by atoms with Crippen LogP contribution in [0.25, 0.3) is 16.6 Å². The molecule has 7 rings (SSSR count).